The maximum atomic E-state index is 12.6. The Kier molecular flexibility index (Phi) is 6.21. The average molecular weight is 324 g/mol. The molecule has 0 bridgehead atoms. The third-order valence-corrected chi connectivity index (χ3v) is 4.14. The predicted molar refractivity (Wildman–Crippen MR) is 86.8 cm³/mol. The van der Waals surface area contributed by atoms with Crippen LogP contribution in [-0.4, -0.2) is 42.4 Å². The van der Waals surface area contributed by atoms with Crippen molar-refractivity contribution in [3.63, 3.8) is 0 Å². The number of hydrogen-bond donors (Lipinski definition) is 2. The Morgan fingerprint density at radius 3 is 2.68 bits per heavy atom. The fraction of sp³-hybridized carbons (Fsp3) is 0.500. The molecule has 1 saturated heterocycles. The van der Waals surface area contributed by atoms with Gasteiger partial charge in [-0.25, -0.2) is 0 Å². The van der Waals surface area contributed by atoms with Gasteiger partial charge in [-0.05, 0) is 43.5 Å². The van der Waals surface area contributed by atoms with E-state index in [1.807, 2.05) is 4.90 Å². The normalized spacial score (nSPS) is 18.1. The van der Waals surface area contributed by atoms with Gasteiger partial charge in [0.05, 0.1) is 0 Å². The van der Waals surface area contributed by atoms with E-state index in [4.69, 9.17) is 17.3 Å². The van der Waals surface area contributed by atoms with Crippen LogP contribution in [0.25, 0.3) is 0 Å². The standard InChI is InChI=1S/C16H22ClN3O2/c17-13-6-4-12(5-7-13)16(22)20-10-2-1-3-14(20)11-19-15(21)8-9-18/h4-7,14H,1-3,8-11,18H2,(H,19,21). The molecule has 2 rings (SSSR count). The summed E-state index contributed by atoms with van der Waals surface area (Å²) >= 11 is 5.86. The number of nitrogens with two attached hydrogens (primary N) is 1. The molecule has 120 valence electrons. The first kappa shape index (κ1) is 16.8. The number of hydrogen-bond acceptors (Lipinski definition) is 3. The number of carbonyl (C=O) groups excluding carboxylic acids is 2. The Morgan fingerprint density at radius 2 is 2.00 bits per heavy atom. The van der Waals surface area contributed by atoms with Gasteiger partial charge in [0.1, 0.15) is 0 Å². The minimum Gasteiger partial charge on any atom is -0.354 e. The summed E-state index contributed by atoms with van der Waals surface area (Å²) in [7, 11) is 0. The largest absolute Gasteiger partial charge is 0.354 e. The van der Waals surface area contributed by atoms with Crippen molar-refractivity contribution in [3.8, 4) is 0 Å². The van der Waals surface area contributed by atoms with Gasteiger partial charge in [-0.15, -0.1) is 0 Å². The zero-order chi connectivity index (χ0) is 15.9. The molecule has 22 heavy (non-hydrogen) atoms. The summed E-state index contributed by atoms with van der Waals surface area (Å²) in [5, 5.41) is 3.48. The Bertz CT molecular complexity index is 519. The summed E-state index contributed by atoms with van der Waals surface area (Å²) in [4.78, 5) is 26.1. The van der Waals surface area contributed by atoms with Gasteiger partial charge in [0.2, 0.25) is 5.91 Å². The highest BCUT2D eigenvalue weighted by Gasteiger charge is 2.27. The second kappa shape index (κ2) is 8.15. The molecule has 0 radical (unpaired) electrons. The van der Waals surface area contributed by atoms with Gasteiger partial charge in [0.15, 0.2) is 0 Å². The molecule has 2 amide bonds. The van der Waals surface area contributed by atoms with Crippen molar-refractivity contribution < 1.29 is 9.59 Å². The number of carbonyl (C=O) groups is 2. The number of rotatable bonds is 5. The summed E-state index contributed by atoms with van der Waals surface area (Å²) in [6.07, 6.45) is 3.29. The molecule has 1 unspecified atom stereocenters. The molecule has 5 nitrogen and oxygen atoms in total. The van der Waals surface area contributed by atoms with Crippen molar-refractivity contribution in [2.24, 2.45) is 5.73 Å². The van der Waals surface area contributed by atoms with Gasteiger partial charge in [-0.1, -0.05) is 11.6 Å². The molecule has 0 aliphatic carbocycles. The fourth-order valence-electron chi connectivity index (χ4n) is 2.69. The highest BCUT2D eigenvalue weighted by molar-refractivity contribution is 6.30. The summed E-state index contributed by atoms with van der Waals surface area (Å²) < 4.78 is 0. The molecule has 0 saturated carbocycles. The third-order valence-electron chi connectivity index (χ3n) is 3.89. The highest BCUT2D eigenvalue weighted by Crippen LogP contribution is 2.20. The Morgan fingerprint density at radius 1 is 1.27 bits per heavy atom. The number of amides is 2. The van der Waals surface area contributed by atoms with Crippen molar-refractivity contribution in [2.75, 3.05) is 19.6 Å². The van der Waals surface area contributed by atoms with E-state index in [2.05, 4.69) is 5.32 Å². The van der Waals surface area contributed by atoms with Gasteiger partial charge in [-0.2, -0.15) is 0 Å². The first-order valence-corrected chi connectivity index (χ1v) is 8.03. The van der Waals surface area contributed by atoms with Crippen molar-refractivity contribution >= 4 is 23.4 Å². The molecule has 6 heteroatoms. The summed E-state index contributed by atoms with van der Waals surface area (Å²) in [5.74, 6) is -0.0681. The molecule has 1 fully saturated rings. The van der Waals surface area contributed by atoms with Gasteiger partial charge in [0.25, 0.3) is 5.91 Å². The van der Waals surface area contributed by atoms with Crippen LogP contribution < -0.4 is 11.1 Å². The van der Waals surface area contributed by atoms with Crippen molar-refractivity contribution in [2.45, 2.75) is 31.7 Å². The number of benzene rings is 1. The maximum absolute atomic E-state index is 12.6. The topological polar surface area (TPSA) is 75.4 Å². The zero-order valence-corrected chi connectivity index (χ0v) is 13.3. The molecule has 1 aliphatic rings. The SMILES string of the molecule is NCCC(=O)NCC1CCCCN1C(=O)c1ccc(Cl)cc1. The van der Waals surface area contributed by atoms with Gasteiger partial charge < -0.3 is 16.0 Å². The van der Waals surface area contributed by atoms with Crippen LogP contribution >= 0.6 is 11.6 Å². The number of likely N-dealkylation sites (tertiary alicyclic amines) is 1. The van der Waals surface area contributed by atoms with Crippen LogP contribution in [-0.2, 0) is 4.79 Å². The van der Waals surface area contributed by atoms with E-state index in [9.17, 15) is 9.59 Å². The monoisotopic (exact) mass is 323 g/mol. The van der Waals surface area contributed by atoms with Crippen LogP contribution in [0.3, 0.4) is 0 Å². The van der Waals surface area contributed by atoms with E-state index in [1.54, 1.807) is 24.3 Å². The van der Waals surface area contributed by atoms with E-state index >= 15 is 0 Å². The molecule has 1 heterocycles. The van der Waals surface area contributed by atoms with Gasteiger partial charge in [-0.3, -0.25) is 9.59 Å². The quantitative estimate of drug-likeness (QED) is 0.867. The lowest BCUT2D eigenvalue weighted by atomic mass is 10.0. The third kappa shape index (κ3) is 4.45. The Balaban J connectivity index is 2.00. The minimum atomic E-state index is -0.0630. The lowest BCUT2D eigenvalue weighted by Crippen LogP contribution is -2.49. The molecule has 0 aromatic heterocycles. The summed E-state index contributed by atoms with van der Waals surface area (Å²) in [5.41, 5.74) is 5.99. The molecule has 1 aromatic carbocycles. The lowest BCUT2D eigenvalue weighted by molar-refractivity contribution is -0.121. The van der Waals surface area contributed by atoms with Crippen molar-refractivity contribution in [3.05, 3.63) is 34.9 Å². The van der Waals surface area contributed by atoms with Crippen molar-refractivity contribution in [1.82, 2.24) is 10.2 Å². The number of nitrogens with zero attached hydrogens (tertiary/aromatic N) is 1. The lowest BCUT2D eigenvalue weighted by Gasteiger charge is -2.36. The molecule has 0 spiro atoms. The van der Waals surface area contributed by atoms with Crippen LogP contribution in [0.1, 0.15) is 36.0 Å². The van der Waals surface area contributed by atoms with Crippen LogP contribution in [0.4, 0.5) is 0 Å². The summed E-state index contributed by atoms with van der Waals surface area (Å²) in [6.45, 7) is 1.54. The Labute approximate surface area is 135 Å². The van der Waals surface area contributed by atoms with Crippen molar-refractivity contribution in [1.29, 1.82) is 0 Å². The van der Waals surface area contributed by atoms with Crippen LogP contribution in [0.2, 0.25) is 5.02 Å². The number of halogens is 1. The highest BCUT2D eigenvalue weighted by atomic mass is 35.5. The van der Waals surface area contributed by atoms with E-state index in [1.165, 1.54) is 0 Å². The first-order valence-electron chi connectivity index (χ1n) is 7.65. The van der Waals surface area contributed by atoms with E-state index in [-0.39, 0.29) is 17.9 Å². The first-order chi connectivity index (χ1) is 10.6. The zero-order valence-electron chi connectivity index (χ0n) is 12.6. The molecule has 1 aliphatic heterocycles. The molecule has 1 atom stereocenters. The summed E-state index contributed by atoms with van der Waals surface area (Å²) in [6, 6.07) is 6.96. The number of nitrogens with one attached hydrogen (secondary N) is 1. The molecule has 1 aromatic rings. The van der Waals surface area contributed by atoms with Crippen LogP contribution in [0.15, 0.2) is 24.3 Å². The fourth-order valence-corrected chi connectivity index (χ4v) is 2.82. The Hall–Kier alpha value is -1.59. The predicted octanol–water partition coefficient (Wildman–Crippen LogP) is 1.80. The molecular formula is C16H22ClN3O2. The van der Waals surface area contributed by atoms with E-state index in [0.29, 0.717) is 30.1 Å². The minimum absolute atomic E-state index is 0.00515. The van der Waals surface area contributed by atoms with E-state index in [0.717, 1.165) is 25.8 Å². The van der Waals surface area contributed by atoms with E-state index < -0.39 is 0 Å². The maximum Gasteiger partial charge on any atom is 0.254 e. The molecular weight excluding hydrogens is 302 g/mol. The molecule has 3 N–H and O–H groups in total. The average Bonchev–Trinajstić information content (AvgIpc) is 2.53. The van der Waals surface area contributed by atoms with Gasteiger partial charge >= 0.3 is 0 Å². The van der Waals surface area contributed by atoms with Crippen LogP contribution in [0.5, 0.6) is 0 Å². The number of piperidine rings is 1. The second-order valence-corrected chi connectivity index (χ2v) is 5.93. The second-order valence-electron chi connectivity index (χ2n) is 5.50. The smallest absolute Gasteiger partial charge is 0.254 e. The van der Waals surface area contributed by atoms with Crippen LogP contribution in [0, 0.1) is 0 Å². The van der Waals surface area contributed by atoms with Gasteiger partial charge in [0, 0.05) is 42.7 Å².